The van der Waals surface area contributed by atoms with Crippen LogP contribution in [0.2, 0.25) is 0 Å². The van der Waals surface area contributed by atoms with Gasteiger partial charge < -0.3 is 14.2 Å². The van der Waals surface area contributed by atoms with E-state index in [9.17, 15) is 14.4 Å². The van der Waals surface area contributed by atoms with Gasteiger partial charge in [-0.1, -0.05) is 305 Å². The molecule has 0 aromatic carbocycles. The molecule has 0 aliphatic carbocycles. The summed E-state index contributed by atoms with van der Waals surface area (Å²) in [6.07, 6.45) is 87.4. The van der Waals surface area contributed by atoms with Crippen molar-refractivity contribution in [2.75, 3.05) is 13.2 Å². The Morgan fingerprint density at radius 2 is 0.500 bits per heavy atom. The van der Waals surface area contributed by atoms with E-state index in [1.165, 1.54) is 193 Å². The normalized spacial score (nSPS) is 12.6. The van der Waals surface area contributed by atoms with E-state index >= 15 is 0 Å². The van der Waals surface area contributed by atoms with Crippen molar-refractivity contribution in [2.24, 2.45) is 0 Å². The Balaban J connectivity index is 4.30. The van der Waals surface area contributed by atoms with Crippen LogP contribution in [0.3, 0.4) is 0 Å². The van der Waals surface area contributed by atoms with Crippen LogP contribution in [-0.4, -0.2) is 37.2 Å². The topological polar surface area (TPSA) is 78.9 Å². The molecule has 78 heavy (non-hydrogen) atoms. The third-order valence-corrected chi connectivity index (χ3v) is 14.6. The molecule has 1 unspecified atom stereocenters. The lowest BCUT2D eigenvalue weighted by molar-refractivity contribution is -0.167. The van der Waals surface area contributed by atoms with Crippen LogP contribution in [-0.2, 0) is 28.6 Å². The molecule has 0 fully saturated rings. The molecule has 0 aromatic heterocycles. The van der Waals surface area contributed by atoms with Crippen molar-refractivity contribution in [1.29, 1.82) is 0 Å². The molecule has 0 saturated carbocycles. The highest BCUT2D eigenvalue weighted by Crippen LogP contribution is 2.17. The Labute approximate surface area is 484 Å². The SMILES string of the molecule is CC/C=C\C/C=C\C/C=C\C/C=C\C/C=C\C/C=C\CCCCCCCCCCC(=O)OCC(COC(=O)CCCCCCCCCCCCCC)OC(=O)CCCCCCCCCCC/C=C\CCCCCCCCCC. The summed E-state index contributed by atoms with van der Waals surface area (Å²) in [5, 5.41) is 0. The van der Waals surface area contributed by atoms with E-state index in [-0.39, 0.29) is 31.1 Å². The van der Waals surface area contributed by atoms with Gasteiger partial charge in [-0.2, -0.15) is 0 Å². The summed E-state index contributed by atoms with van der Waals surface area (Å²) in [5.41, 5.74) is 0. The van der Waals surface area contributed by atoms with Gasteiger partial charge in [0, 0.05) is 19.3 Å². The molecule has 0 N–H and O–H groups in total. The molecular weight excluding hydrogens is 961 g/mol. The zero-order valence-electron chi connectivity index (χ0n) is 51.7. The van der Waals surface area contributed by atoms with Crippen LogP contribution in [0.4, 0.5) is 0 Å². The average Bonchev–Trinajstić information content (AvgIpc) is 3.44. The van der Waals surface area contributed by atoms with Crippen molar-refractivity contribution < 1.29 is 28.6 Å². The van der Waals surface area contributed by atoms with E-state index < -0.39 is 6.10 Å². The minimum atomic E-state index is -0.780. The lowest BCUT2D eigenvalue weighted by atomic mass is 10.0. The Bertz CT molecular complexity index is 1480. The zero-order valence-corrected chi connectivity index (χ0v) is 51.7. The maximum absolute atomic E-state index is 12.9. The summed E-state index contributed by atoms with van der Waals surface area (Å²) in [6.45, 7) is 6.55. The number of ether oxygens (including phenoxy) is 3. The standard InChI is InChI=1S/C72H126O6/c1-4-7-10-13-16-19-22-25-27-29-31-33-34-35-36-37-38-40-41-43-45-47-50-53-56-59-62-65-71(74)77-68-69(67-76-70(73)64-61-58-55-52-49-24-21-18-15-12-9-6-3)78-72(75)66-63-60-57-54-51-48-46-44-42-39-32-30-28-26-23-20-17-14-11-8-5-2/h7,10,16,19,25,27,30-33,35-36,38,40,69H,4-6,8-9,11-15,17-18,20-24,26,28-29,34,37,39,41-68H2,1-3H3/b10-7-,19-16-,27-25-,32-30-,33-31-,36-35-,40-38-. The smallest absolute Gasteiger partial charge is 0.306 e. The molecule has 0 aliphatic rings. The van der Waals surface area contributed by atoms with E-state index in [0.717, 1.165) is 103 Å². The first-order chi connectivity index (χ1) is 38.5. The van der Waals surface area contributed by atoms with Crippen molar-refractivity contribution in [3.8, 4) is 0 Å². The Morgan fingerprint density at radius 3 is 0.795 bits per heavy atom. The van der Waals surface area contributed by atoms with Crippen molar-refractivity contribution in [2.45, 2.75) is 341 Å². The van der Waals surface area contributed by atoms with E-state index in [0.29, 0.717) is 19.3 Å². The molecule has 450 valence electrons. The maximum Gasteiger partial charge on any atom is 0.306 e. The van der Waals surface area contributed by atoms with Crippen LogP contribution in [0.1, 0.15) is 335 Å². The third kappa shape index (κ3) is 63.4. The fourth-order valence-corrected chi connectivity index (χ4v) is 9.62. The van der Waals surface area contributed by atoms with Crippen LogP contribution in [0.5, 0.6) is 0 Å². The number of carbonyl (C=O) groups excluding carboxylic acids is 3. The summed E-state index contributed by atoms with van der Waals surface area (Å²) in [5.74, 6) is -0.872. The summed E-state index contributed by atoms with van der Waals surface area (Å²) in [7, 11) is 0. The molecule has 0 bridgehead atoms. The van der Waals surface area contributed by atoms with Gasteiger partial charge in [0.15, 0.2) is 6.10 Å². The summed E-state index contributed by atoms with van der Waals surface area (Å²) in [4.78, 5) is 38.3. The summed E-state index contributed by atoms with van der Waals surface area (Å²) in [6, 6.07) is 0. The monoisotopic (exact) mass is 1090 g/mol. The molecule has 0 amide bonds. The second-order valence-corrected chi connectivity index (χ2v) is 22.4. The van der Waals surface area contributed by atoms with Gasteiger partial charge in [-0.15, -0.1) is 0 Å². The van der Waals surface area contributed by atoms with Crippen LogP contribution in [0, 0.1) is 0 Å². The number of esters is 3. The Hall–Kier alpha value is -3.41. The number of hydrogen-bond donors (Lipinski definition) is 0. The van der Waals surface area contributed by atoms with E-state index in [2.05, 4.69) is 106 Å². The third-order valence-electron chi connectivity index (χ3n) is 14.6. The molecule has 0 aromatic rings. The number of rotatable bonds is 61. The highest BCUT2D eigenvalue weighted by atomic mass is 16.6. The first-order valence-electron chi connectivity index (χ1n) is 33.6. The second-order valence-electron chi connectivity index (χ2n) is 22.4. The summed E-state index contributed by atoms with van der Waals surface area (Å²) >= 11 is 0. The lowest BCUT2D eigenvalue weighted by Gasteiger charge is -2.18. The maximum atomic E-state index is 12.9. The molecule has 0 rings (SSSR count). The minimum absolute atomic E-state index is 0.0763. The van der Waals surface area contributed by atoms with Crippen LogP contribution in [0.25, 0.3) is 0 Å². The van der Waals surface area contributed by atoms with Gasteiger partial charge >= 0.3 is 17.9 Å². The fourth-order valence-electron chi connectivity index (χ4n) is 9.62. The van der Waals surface area contributed by atoms with Gasteiger partial charge in [-0.25, -0.2) is 0 Å². The highest BCUT2D eigenvalue weighted by molar-refractivity contribution is 5.71. The largest absolute Gasteiger partial charge is 0.462 e. The zero-order chi connectivity index (χ0) is 56.4. The molecule has 0 saturated heterocycles. The van der Waals surface area contributed by atoms with Gasteiger partial charge in [-0.05, 0) is 96.3 Å². The Morgan fingerprint density at radius 1 is 0.269 bits per heavy atom. The summed E-state index contributed by atoms with van der Waals surface area (Å²) < 4.78 is 16.9. The van der Waals surface area contributed by atoms with Gasteiger partial charge in [0.05, 0.1) is 0 Å². The predicted molar refractivity (Wildman–Crippen MR) is 339 cm³/mol. The number of carbonyl (C=O) groups is 3. The lowest BCUT2D eigenvalue weighted by Crippen LogP contribution is -2.30. The quantitative estimate of drug-likeness (QED) is 0.0261. The molecule has 0 aliphatic heterocycles. The van der Waals surface area contributed by atoms with Crippen LogP contribution >= 0.6 is 0 Å². The minimum Gasteiger partial charge on any atom is -0.462 e. The number of unbranched alkanes of at least 4 members (excludes halogenated alkanes) is 36. The van der Waals surface area contributed by atoms with Crippen molar-refractivity contribution in [1.82, 2.24) is 0 Å². The van der Waals surface area contributed by atoms with Crippen molar-refractivity contribution >= 4 is 17.9 Å². The van der Waals surface area contributed by atoms with Gasteiger partial charge in [0.2, 0.25) is 0 Å². The fraction of sp³-hybridized carbons (Fsp3) is 0.764. The van der Waals surface area contributed by atoms with Crippen molar-refractivity contribution in [3.05, 3.63) is 85.1 Å². The Kier molecular flexibility index (Phi) is 63.2. The number of hydrogen-bond acceptors (Lipinski definition) is 6. The van der Waals surface area contributed by atoms with Gasteiger partial charge in [-0.3, -0.25) is 14.4 Å². The highest BCUT2D eigenvalue weighted by Gasteiger charge is 2.19. The van der Waals surface area contributed by atoms with E-state index in [1.807, 2.05) is 0 Å². The van der Waals surface area contributed by atoms with Gasteiger partial charge in [0.25, 0.3) is 0 Å². The second kappa shape index (κ2) is 66.1. The van der Waals surface area contributed by atoms with Crippen LogP contribution < -0.4 is 0 Å². The first kappa shape index (κ1) is 74.6. The van der Waals surface area contributed by atoms with E-state index in [1.54, 1.807) is 0 Å². The molecule has 1 atom stereocenters. The first-order valence-corrected chi connectivity index (χ1v) is 33.6. The molecule has 6 heteroatoms. The van der Waals surface area contributed by atoms with E-state index in [4.69, 9.17) is 14.2 Å². The molecule has 0 heterocycles. The number of allylic oxidation sites excluding steroid dienone is 14. The molecule has 6 nitrogen and oxygen atoms in total. The van der Waals surface area contributed by atoms with Gasteiger partial charge in [0.1, 0.15) is 13.2 Å². The van der Waals surface area contributed by atoms with Crippen LogP contribution in [0.15, 0.2) is 85.1 Å². The predicted octanol–water partition coefficient (Wildman–Crippen LogP) is 23.1. The van der Waals surface area contributed by atoms with Crippen molar-refractivity contribution in [3.63, 3.8) is 0 Å². The average molecular weight is 1090 g/mol. The molecule has 0 spiro atoms. The molecule has 0 radical (unpaired) electrons. The molecular formula is C72H126O6.